The van der Waals surface area contributed by atoms with Gasteiger partial charge in [0.25, 0.3) is 5.78 Å². The van der Waals surface area contributed by atoms with E-state index in [2.05, 4.69) is 24.0 Å². The third-order valence-electron chi connectivity index (χ3n) is 6.20. The van der Waals surface area contributed by atoms with Crippen molar-refractivity contribution < 1.29 is 14.7 Å². The van der Waals surface area contributed by atoms with Crippen LogP contribution in [0.5, 0.6) is 0 Å². The normalized spacial score (nSPS) is 17.7. The van der Waals surface area contributed by atoms with E-state index in [9.17, 15) is 14.7 Å². The Balaban J connectivity index is 1.89. The molecule has 1 amide bonds. The van der Waals surface area contributed by atoms with Crippen LogP contribution in [0.4, 0.5) is 5.82 Å². The van der Waals surface area contributed by atoms with Crippen LogP contribution >= 0.6 is 0 Å². The number of aliphatic hydroxyl groups excluding tert-OH is 1. The van der Waals surface area contributed by atoms with Gasteiger partial charge in [-0.1, -0.05) is 81.8 Å². The summed E-state index contributed by atoms with van der Waals surface area (Å²) in [5, 5.41) is 19.7. The molecule has 34 heavy (non-hydrogen) atoms. The van der Waals surface area contributed by atoms with E-state index in [1.165, 1.54) is 4.90 Å². The number of hydrogen-bond donors (Lipinski definition) is 1. The third-order valence-corrected chi connectivity index (χ3v) is 6.20. The predicted molar refractivity (Wildman–Crippen MR) is 133 cm³/mol. The van der Waals surface area contributed by atoms with Crippen LogP contribution in [0, 0.1) is 6.92 Å². The highest BCUT2D eigenvalue weighted by Gasteiger charge is 2.47. The molecule has 0 aliphatic carbocycles. The zero-order valence-electron chi connectivity index (χ0n) is 20.1. The number of ketones is 1. The number of benzene rings is 2. The Labute approximate surface area is 200 Å². The first-order valence-electron chi connectivity index (χ1n) is 11.5. The second kappa shape index (κ2) is 9.21. The van der Waals surface area contributed by atoms with Crippen LogP contribution in [-0.2, 0) is 9.59 Å². The Hall–Kier alpha value is -3.80. The fourth-order valence-corrected chi connectivity index (χ4v) is 4.09. The van der Waals surface area contributed by atoms with Crippen molar-refractivity contribution in [2.45, 2.75) is 52.5 Å². The molecule has 1 unspecified atom stereocenters. The van der Waals surface area contributed by atoms with E-state index in [0.29, 0.717) is 17.0 Å². The average molecular weight is 456 g/mol. The summed E-state index contributed by atoms with van der Waals surface area (Å²) in [5.74, 6) is -0.901. The van der Waals surface area contributed by atoms with Gasteiger partial charge in [0.15, 0.2) is 5.82 Å². The molecule has 6 heteroatoms. The number of amides is 1. The molecule has 1 aliphatic heterocycles. The Bertz CT molecular complexity index is 1240. The lowest BCUT2D eigenvalue weighted by Gasteiger charge is -2.24. The van der Waals surface area contributed by atoms with Gasteiger partial charge in [-0.2, -0.15) is 5.10 Å². The Morgan fingerprint density at radius 2 is 1.50 bits per heavy atom. The maximum Gasteiger partial charge on any atom is 0.301 e. The highest BCUT2D eigenvalue weighted by molar-refractivity contribution is 6.51. The van der Waals surface area contributed by atoms with Gasteiger partial charge in [0.1, 0.15) is 5.76 Å². The standard InChI is InChI=1S/C28H29N3O3/c1-16(2)19-10-12-20(13-11-19)25-24(26(32)21-8-6-18(5)7-9-21)27(33)28(34)31(25)23-15-14-22(17(3)4)29-30-23/h6-17,25,32H,1-5H3. The molecule has 0 radical (unpaired) electrons. The number of carbonyl (C=O) groups excluding carboxylic acids is 2. The Morgan fingerprint density at radius 1 is 0.853 bits per heavy atom. The molecule has 1 aliphatic rings. The van der Waals surface area contributed by atoms with E-state index < -0.39 is 17.7 Å². The number of anilines is 1. The smallest absolute Gasteiger partial charge is 0.301 e. The largest absolute Gasteiger partial charge is 0.507 e. The van der Waals surface area contributed by atoms with Crippen LogP contribution in [0.1, 0.15) is 73.5 Å². The molecule has 1 aromatic heterocycles. The maximum atomic E-state index is 13.2. The summed E-state index contributed by atoms with van der Waals surface area (Å²) in [6.07, 6.45) is 0. The van der Waals surface area contributed by atoms with Gasteiger partial charge < -0.3 is 5.11 Å². The highest BCUT2D eigenvalue weighted by atomic mass is 16.3. The zero-order valence-corrected chi connectivity index (χ0v) is 20.1. The van der Waals surface area contributed by atoms with E-state index in [-0.39, 0.29) is 23.1 Å². The van der Waals surface area contributed by atoms with Crippen LogP contribution in [-0.4, -0.2) is 27.0 Å². The van der Waals surface area contributed by atoms with Crippen LogP contribution in [0.2, 0.25) is 0 Å². The van der Waals surface area contributed by atoms with Crippen molar-refractivity contribution in [1.82, 2.24) is 10.2 Å². The van der Waals surface area contributed by atoms with Crippen molar-refractivity contribution >= 4 is 23.3 Å². The molecule has 1 N–H and O–H groups in total. The summed E-state index contributed by atoms with van der Waals surface area (Å²) < 4.78 is 0. The van der Waals surface area contributed by atoms with E-state index >= 15 is 0 Å². The summed E-state index contributed by atoms with van der Waals surface area (Å²) in [6.45, 7) is 10.2. The minimum Gasteiger partial charge on any atom is -0.507 e. The lowest BCUT2D eigenvalue weighted by atomic mass is 9.93. The lowest BCUT2D eigenvalue weighted by Crippen LogP contribution is -2.30. The van der Waals surface area contributed by atoms with Gasteiger partial charge in [0, 0.05) is 5.56 Å². The summed E-state index contributed by atoms with van der Waals surface area (Å²) in [6, 6.07) is 17.7. The molecule has 1 fully saturated rings. The molecule has 174 valence electrons. The predicted octanol–water partition coefficient (Wildman–Crippen LogP) is 5.66. The zero-order chi connectivity index (χ0) is 24.6. The van der Waals surface area contributed by atoms with E-state index in [4.69, 9.17) is 0 Å². The first-order chi connectivity index (χ1) is 16.2. The molecule has 3 aromatic rings. The first kappa shape index (κ1) is 23.4. The van der Waals surface area contributed by atoms with Crippen LogP contribution in [0.25, 0.3) is 5.76 Å². The first-order valence-corrected chi connectivity index (χ1v) is 11.5. The summed E-state index contributed by atoms with van der Waals surface area (Å²) in [7, 11) is 0. The molecule has 2 heterocycles. The minimum atomic E-state index is -0.818. The van der Waals surface area contributed by atoms with Crippen molar-refractivity contribution in [1.29, 1.82) is 0 Å². The van der Waals surface area contributed by atoms with Gasteiger partial charge in [-0.3, -0.25) is 14.5 Å². The van der Waals surface area contributed by atoms with Gasteiger partial charge in [-0.15, -0.1) is 5.10 Å². The van der Waals surface area contributed by atoms with Crippen molar-refractivity contribution in [2.75, 3.05) is 4.90 Å². The number of nitrogens with zero attached hydrogens (tertiary/aromatic N) is 3. The number of hydrogen-bond acceptors (Lipinski definition) is 5. The molecule has 0 bridgehead atoms. The number of carbonyl (C=O) groups is 2. The fraction of sp³-hybridized carbons (Fsp3) is 0.286. The monoisotopic (exact) mass is 455 g/mol. The second-order valence-electron chi connectivity index (χ2n) is 9.33. The van der Waals surface area contributed by atoms with Crippen LogP contribution in [0.15, 0.2) is 66.2 Å². The molecule has 6 nitrogen and oxygen atoms in total. The molecular formula is C28H29N3O3. The third kappa shape index (κ3) is 4.23. The van der Waals surface area contributed by atoms with Crippen molar-refractivity contribution in [3.8, 4) is 0 Å². The van der Waals surface area contributed by atoms with Gasteiger partial charge in [-0.25, -0.2) is 0 Å². The molecule has 0 spiro atoms. The van der Waals surface area contributed by atoms with Gasteiger partial charge in [-0.05, 0) is 42.0 Å². The molecule has 0 saturated carbocycles. The topological polar surface area (TPSA) is 83.4 Å². The van der Waals surface area contributed by atoms with Gasteiger partial charge in [0.2, 0.25) is 0 Å². The highest BCUT2D eigenvalue weighted by Crippen LogP contribution is 2.41. The van der Waals surface area contributed by atoms with E-state index in [0.717, 1.165) is 16.8 Å². The van der Waals surface area contributed by atoms with E-state index in [1.807, 2.05) is 63.2 Å². The van der Waals surface area contributed by atoms with Gasteiger partial charge >= 0.3 is 5.91 Å². The number of Topliss-reactive ketones (excluding diaryl/α,β-unsaturated/α-hetero) is 1. The summed E-state index contributed by atoms with van der Waals surface area (Å²) >= 11 is 0. The van der Waals surface area contributed by atoms with Gasteiger partial charge in [0.05, 0.1) is 17.3 Å². The molecule has 1 saturated heterocycles. The molecular weight excluding hydrogens is 426 g/mol. The Morgan fingerprint density at radius 3 is 2.03 bits per heavy atom. The number of aryl methyl sites for hydroxylation is 1. The number of aromatic nitrogens is 2. The Kier molecular flexibility index (Phi) is 6.33. The lowest BCUT2D eigenvalue weighted by molar-refractivity contribution is -0.132. The average Bonchev–Trinajstić information content (AvgIpc) is 3.09. The molecule has 1 atom stereocenters. The van der Waals surface area contributed by atoms with E-state index in [1.54, 1.807) is 18.2 Å². The van der Waals surface area contributed by atoms with Crippen molar-refractivity contribution in [3.63, 3.8) is 0 Å². The van der Waals surface area contributed by atoms with Crippen LogP contribution in [0.3, 0.4) is 0 Å². The van der Waals surface area contributed by atoms with Crippen molar-refractivity contribution in [2.24, 2.45) is 0 Å². The fourth-order valence-electron chi connectivity index (χ4n) is 4.09. The SMILES string of the molecule is Cc1ccc(C(O)=C2C(=O)C(=O)N(c3ccc(C(C)C)nn3)C2c2ccc(C(C)C)cc2)cc1. The molecule has 2 aromatic carbocycles. The summed E-state index contributed by atoms with van der Waals surface area (Å²) in [4.78, 5) is 27.8. The quantitative estimate of drug-likeness (QED) is 0.305. The summed E-state index contributed by atoms with van der Waals surface area (Å²) in [5.41, 5.74) is 4.19. The molecule has 4 rings (SSSR count). The van der Waals surface area contributed by atoms with Crippen molar-refractivity contribution in [3.05, 3.63) is 94.2 Å². The minimum absolute atomic E-state index is 0.0425. The van der Waals surface area contributed by atoms with Crippen LogP contribution < -0.4 is 4.90 Å². The maximum absolute atomic E-state index is 13.2. The second-order valence-corrected chi connectivity index (χ2v) is 9.33. The number of aliphatic hydroxyl groups is 1. The number of rotatable bonds is 5.